The summed E-state index contributed by atoms with van der Waals surface area (Å²) in [7, 11) is 2.03. The molecule has 3 heteroatoms. The fourth-order valence-electron chi connectivity index (χ4n) is 2.45. The Balaban J connectivity index is 1.72. The molecule has 0 unspecified atom stereocenters. The predicted octanol–water partition coefficient (Wildman–Crippen LogP) is 2.57. The fourth-order valence-corrected chi connectivity index (χ4v) is 2.45. The number of anilines is 1. The van der Waals surface area contributed by atoms with Crippen molar-refractivity contribution in [2.24, 2.45) is 0 Å². The van der Waals surface area contributed by atoms with Crippen LogP contribution in [0.1, 0.15) is 32.1 Å². The predicted molar refractivity (Wildman–Crippen MR) is 74.7 cm³/mol. The first kappa shape index (κ1) is 12.9. The molecule has 0 bridgehead atoms. The van der Waals surface area contributed by atoms with Crippen molar-refractivity contribution in [1.82, 2.24) is 5.32 Å². The Labute approximate surface area is 109 Å². The van der Waals surface area contributed by atoms with E-state index < -0.39 is 0 Å². The Morgan fingerprint density at radius 2 is 1.94 bits per heavy atom. The standard InChI is InChI=1S/C15H22N2O/c1-17(14-9-3-2-4-10-14)12-11-15(18)16-13-7-5-6-8-13/h2-4,9-10,13H,5-8,11-12H2,1H3,(H,16,18). The topological polar surface area (TPSA) is 32.3 Å². The van der Waals surface area contributed by atoms with Gasteiger partial charge >= 0.3 is 0 Å². The molecule has 1 amide bonds. The number of para-hydroxylation sites is 1. The molecule has 0 atom stereocenters. The van der Waals surface area contributed by atoms with Crippen LogP contribution in [-0.4, -0.2) is 25.5 Å². The van der Waals surface area contributed by atoms with E-state index in [0.29, 0.717) is 12.5 Å². The molecule has 0 radical (unpaired) electrons. The molecule has 98 valence electrons. The van der Waals surface area contributed by atoms with Crippen LogP contribution in [0.5, 0.6) is 0 Å². The Morgan fingerprint density at radius 1 is 1.28 bits per heavy atom. The summed E-state index contributed by atoms with van der Waals surface area (Å²) in [5.41, 5.74) is 1.16. The van der Waals surface area contributed by atoms with Crippen molar-refractivity contribution in [2.45, 2.75) is 38.1 Å². The Hall–Kier alpha value is -1.51. The zero-order valence-electron chi connectivity index (χ0n) is 11.1. The molecule has 0 aliphatic heterocycles. The van der Waals surface area contributed by atoms with E-state index in [4.69, 9.17) is 0 Å². The van der Waals surface area contributed by atoms with E-state index in [2.05, 4.69) is 22.3 Å². The van der Waals surface area contributed by atoms with Crippen molar-refractivity contribution in [3.63, 3.8) is 0 Å². The minimum atomic E-state index is 0.185. The molecule has 18 heavy (non-hydrogen) atoms. The summed E-state index contributed by atoms with van der Waals surface area (Å²) in [4.78, 5) is 13.9. The molecular weight excluding hydrogens is 224 g/mol. The Kier molecular flexibility index (Phi) is 4.62. The number of hydrogen-bond acceptors (Lipinski definition) is 2. The summed E-state index contributed by atoms with van der Waals surface area (Å²) in [6.07, 6.45) is 5.39. The second-order valence-corrected chi connectivity index (χ2v) is 5.06. The maximum atomic E-state index is 11.8. The van der Waals surface area contributed by atoms with Gasteiger partial charge in [0.1, 0.15) is 0 Å². The molecule has 1 aliphatic carbocycles. The van der Waals surface area contributed by atoms with Crippen LogP contribution in [0.3, 0.4) is 0 Å². The number of benzene rings is 1. The third-order valence-electron chi connectivity index (χ3n) is 3.59. The number of rotatable bonds is 5. The lowest BCUT2D eigenvalue weighted by atomic mass is 10.2. The van der Waals surface area contributed by atoms with E-state index in [1.165, 1.54) is 12.8 Å². The van der Waals surface area contributed by atoms with Crippen molar-refractivity contribution >= 4 is 11.6 Å². The second-order valence-electron chi connectivity index (χ2n) is 5.06. The van der Waals surface area contributed by atoms with Gasteiger partial charge in [-0.3, -0.25) is 4.79 Å². The Bertz CT molecular complexity index is 371. The monoisotopic (exact) mass is 246 g/mol. The van der Waals surface area contributed by atoms with Crippen LogP contribution in [0.4, 0.5) is 5.69 Å². The molecular formula is C15H22N2O. The van der Waals surface area contributed by atoms with Crippen LogP contribution in [0.2, 0.25) is 0 Å². The van der Waals surface area contributed by atoms with Crippen LogP contribution in [0.25, 0.3) is 0 Å². The molecule has 0 heterocycles. The number of carbonyl (C=O) groups is 1. The first-order chi connectivity index (χ1) is 8.75. The zero-order chi connectivity index (χ0) is 12.8. The highest BCUT2D eigenvalue weighted by Gasteiger charge is 2.16. The lowest BCUT2D eigenvalue weighted by Gasteiger charge is -2.19. The summed E-state index contributed by atoms with van der Waals surface area (Å²) in [5, 5.41) is 3.12. The van der Waals surface area contributed by atoms with E-state index in [1.54, 1.807) is 0 Å². The Morgan fingerprint density at radius 3 is 2.61 bits per heavy atom. The van der Waals surface area contributed by atoms with Gasteiger partial charge < -0.3 is 10.2 Å². The first-order valence-corrected chi connectivity index (χ1v) is 6.81. The second kappa shape index (κ2) is 6.43. The molecule has 0 spiro atoms. The molecule has 0 saturated heterocycles. The van der Waals surface area contributed by atoms with Gasteiger partial charge in [-0.1, -0.05) is 31.0 Å². The lowest BCUT2D eigenvalue weighted by molar-refractivity contribution is -0.121. The largest absolute Gasteiger partial charge is 0.374 e. The van der Waals surface area contributed by atoms with Gasteiger partial charge in [0.05, 0.1) is 0 Å². The summed E-state index contributed by atoms with van der Waals surface area (Å²) < 4.78 is 0. The van der Waals surface area contributed by atoms with Gasteiger partial charge in [0.25, 0.3) is 0 Å². The van der Waals surface area contributed by atoms with Crippen molar-refractivity contribution in [3.8, 4) is 0 Å². The molecule has 3 nitrogen and oxygen atoms in total. The van der Waals surface area contributed by atoms with Crippen molar-refractivity contribution in [2.75, 3.05) is 18.5 Å². The summed E-state index contributed by atoms with van der Waals surface area (Å²) in [6.45, 7) is 0.766. The maximum Gasteiger partial charge on any atom is 0.221 e. The molecule has 1 aromatic rings. The summed E-state index contributed by atoms with van der Waals surface area (Å²) in [5.74, 6) is 0.185. The van der Waals surface area contributed by atoms with E-state index >= 15 is 0 Å². The van der Waals surface area contributed by atoms with Crippen molar-refractivity contribution < 1.29 is 4.79 Å². The average Bonchev–Trinajstić information content (AvgIpc) is 2.90. The van der Waals surface area contributed by atoms with Gasteiger partial charge in [0.15, 0.2) is 0 Å². The SMILES string of the molecule is CN(CCC(=O)NC1CCCC1)c1ccccc1. The van der Waals surface area contributed by atoms with E-state index in [0.717, 1.165) is 25.1 Å². The smallest absolute Gasteiger partial charge is 0.221 e. The van der Waals surface area contributed by atoms with Crippen LogP contribution >= 0.6 is 0 Å². The van der Waals surface area contributed by atoms with Gasteiger partial charge in [-0.25, -0.2) is 0 Å². The van der Waals surface area contributed by atoms with Crippen molar-refractivity contribution in [3.05, 3.63) is 30.3 Å². The van der Waals surface area contributed by atoms with Gasteiger partial charge in [0.2, 0.25) is 5.91 Å². The third-order valence-corrected chi connectivity index (χ3v) is 3.59. The lowest BCUT2D eigenvalue weighted by Crippen LogP contribution is -2.34. The molecule has 1 aliphatic rings. The average molecular weight is 246 g/mol. The molecule has 1 saturated carbocycles. The van der Waals surface area contributed by atoms with Gasteiger partial charge in [-0.05, 0) is 25.0 Å². The molecule has 1 N–H and O–H groups in total. The van der Waals surface area contributed by atoms with Crippen LogP contribution < -0.4 is 10.2 Å². The number of hydrogen-bond donors (Lipinski definition) is 1. The van der Waals surface area contributed by atoms with E-state index in [9.17, 15) is 4.79 Å². The van der Waals surface area contributed by atoms with Crippen molar-refractivity contribution in [1.29, 1.82) is 0 Å². The molecule has 0 aromatic heterocycles. The quantitative estimate of drug-likeness (QED) is 0.866. The highest BCUT2D eigenvalue weighted by atomic mass is 16.1. The zero-order valence-corrected chi connectivity index (χ0v) is 11.1. The number of carbonyl (C=O) groups excluding carboxylic acids is 1. The van der Waals surface area contributed by atoms with Gasteiger partial charge in [-0.15, -0.1) is 0 Å². The van der Waals surface area contributed by atoms with Gasteiger partial charge in [-0.2, -0.15) is 0 Å². The number of nitrogens with one attached hydrogen (secondary N) is 1. The van der Waals surface area contributed by atoms with E-state index in [-0.39, 0.29) is 5.91 Å². The molecule has 1 fully saturated rings. The normalized spacial score (nSPS) is 15.6. The number of amides is 1. The highest BCUT2D eigenvalue weighted by molar-refractivity contribution is 5.76. The van der Waals surface area contributed by atoms with Gasteiger partial charge in [0, 0.05) is 31.7 Å². The molecule has 2 rings (SSSR count). The van der Waals surface area contributed by atoms with Crippen LogP contribution in [0, 0.1) is 0 Å². The summed E-state index contributed by atoms with van der Waals surface area (Å²) >= 11 is 0. The summed E-state index contributed by atoms with van der Waals surface area (Å²) in [6, 6.07) is 10.6. The third kappa shape index (κ3) is 3.76. The highest BCUT2D eigenvalue weighted by Crippen LogP contribution is 2.17. The van der Waals surface area contributed by atoms with Crippen LogP contribution in [0.15, 0.2) is 30.3 Å². The minimum absolute atomic E-state index is 0.185. The minimum Gasteiger partial charge on any atom is -0.374 e. The van der Waals surface area contributed by atoms with Crippen LogP contribution in [-0.2, 0) is 4.79 Å². The van der Waals surface area contributed by atoms with E-state index in [1.807, 2.05) is 25.2 Å². The molecule has 1 aromatic carbocycles. The fraction of sp³-hybridized carbons (Fsp3) is 0.533. The maximum absolute atomic E-state index is 11.8. The number of nitrogens with zero attached hydrogens (tertiary/aromatic N) is 1. The first-order valence-electron chi connectivity index (χ1n) is 6.81.